The van der Waals surface area contributed by atoms with Gasteiger partial charge in [-0.3, -0.25) is 20.2 Å². The molecule has 0 aromatic heterocycles. The van der Waals surface area contributed by atoms with Crippen LogP contribution in [0.5, 0.6) is 11.5 Å². The monoisotopic (exact) mass is 812 g/mol. The number of fused-ring (bicyclic) bond motifs is 2. The van der Waals surface area contributed by atoms with Crippen LogP contribution < -0.4 is 0 Å². The van der Waals surface area contributed by atoms with Crippen molar-refractivity contribution in [3.8, 4) is 11.5 Å². The van der Waals surface area contributed by atoms with Crippen LogP contribution in [-0.4, -0.2) is 83.7 Å². The fourth-order valence-corrected chi connectivity index (χ4v) is 6.57. The number of nitrogens with zero attached hydrogens (tertiary/aromatic N) is 6. The molecule has 0 amide bonds. The Morgan fingerprint density at radius 1 is 0.527 bits per heavy atom. The molecule has 0 aliphatic carbocycles. The van der Waals surface area contributed by atoms with Crippen LogP contribution >= 0.6 is 0 Å². The van der Waals surface area contributed by atoms with Crippen molar-refractivity contribution < 1.29 is 46.0 Å². The van der Waals surface area contributed by atoms with E-state index in [1.165, 1.54) is 97.1 Å². The molecule has 0 aliphatic rings. The van der Waals surface area contributed by atoms with Crippen molar-refractivity contribution in [1.82, 2.24) is 0 Å². The molecule has 18 nitrogen and oxygen atoms in total. The van der Waals surface area contributed by atoms with Crippen molar-refractivity contribution in [2.24, 2.45) is 20.5 Å². The molecule has 6 rings (SSSR count). The van der Waals surface area contributed by atoms with Gasteiger partial charge in [0.15, 0.2) is 0 Å². The molecule has 0 fully saturated rings. The fraction of sp³-hybridized carbons (Fsp3) is 0.0588. The number of rotatable bonds is 8. The molecule has 21 heteroatoms. The predicted molar refractivity (Wildman–Crippen MR) is 197 cm³/mol. The molecule has 6 aromatic carbocycles. The van der Waals surface area contributed by atoms with Gasteiger partial charge in [0.05, 0.1) is 31.0 Å². The number of benzene rings is 6. The molecule has 0 heterocycles. The van der Waals surface area contributed by atoms with Gasteiger partial charge in [0.25, 0.3) is 11.4 Å². The van der Waals surface area contributed by atoms with Crippen molar-refractivity contribution >= 4 is 114 Å². The second kappa shape index (κ2) is 16.9. The zero-order valence-corrected chi connectivity index (χ0v) is 32.3. The van der Waals surface area contributed by atoms with Crippen molar-refractivity contribution in [2.45, 2.75) is 23.6 Å². The van der Waals surface area contributed by atoms with Gasteiger partial charge in [-0.2, -0.15) is 10.2 Å². The van der Waals surface area contributed by atoms with E-state index in [1.54, 1.807) is 13.8 Å². The number of hydrogen-bond acceptors (Lipinski definition) is 16. The summed E-state index contributed by atoms with van der Waals surface area (Å²) in [4.78, 5) is 19.7. The van der Waals surface area contributed by atoms with Crippen molar-refractivity contribution in [3.63, 3.8) is 0 Å². The number of hydrogen-bond donors (Lipinski definition) is 2. The second-order valence-corrected chi connectivity index (χ2v) is 14.0. The van der Waals surface area contributed by atoms with E-state index < -0.39 is 39.9 Å². The van der Waals surface area contributed by atoms with Gasteiger partial charge < -0.3 is 19.3 Å². The molecule has 0 radical (unpaired) electrons. The van der Waals surface area contributed by atoms with Crippen LogP contribution in [-0.2, 0) is 20.2 Å². The second-order valence-electron chi connectivity index (χ2n) is 11.3. The van der Waals surface area contributed by atoms with E-state index in [4.69, 9.17) is 0 Å². The Kier molecular flexibility index (Phi) is 13.0. The predicted octanol–water partition coefficient (Wildman–Crippen LogP) is 7.78. The summed E-state index contributed by atoms with van der Waals surface area (Å²) in [6.45, 7) is 3.23. The topological polar surface area (TPSA) is 291 Å². The first-order valence-corrected chi connectivity index (χ1v) is 17.9. The number of azo groups is 2. The van der Waals surface area contributed by atoms with Crippen LogP contribution in [0.4, 0.5) is 34.1 Å². The molecule has 0 saturated carbocycles. The number of aromatic hydroxyl groups is 2. The molecule has 0 bridgehead atoms. The third kappa shape index (κ3) is 9.61. The molecule has 6 aromatic rings. The SMILES string of the molecule is Cc1cc([N+](=O)[O-])ccc1N=Nc1c(O)ccc2c(S(=O)(=O)[O-])cccc12.Cc1cc([N+](=O)[O-])ccc1N=Nc1c(O)ccc2c(S(=O)(=O)[O-])cccc12.[Ca+2]. The molecule has 55 heavy (non-hydrogen) atoms. The first-order valence-electron chi connectivity index (χ1n) is 15.1. The first-order chi connectivity index (χ1) is 25.4. The zero-order chi connectivity index (χ0) is 39.5. The maximum absolute atomic E-state index is 11.4. The third-order valence-electron chi connectivity index (χ3n) is 7.78. The minimum atomic E-state index is -4.71. The number of nitro groups is 2. The van der Waals surface area contributed by atoms with Gasteiger partial charge in [0.1, 0.15) is 43.1 Å². The molecule has 2 N–H and O–H groups in total. The molecule has 0 unspecified atom stereocenters. The van der Waals surface area contributed by atoms with Crippen LogP contribution in [0.15, 0.2) is 127 Å². The summed E-state index contributed by atoms with van der Waals surface area (Å²) in [5.74, 6) is -0.516. The minimum Gasteiger partial charge on any atom is -0.744 e. The van der Waals surface area contributed by atoms with Gasteiger partial charge in [0.2, 0.25) is 0 Å². The van der Waals surface area contributed by atoms with Gasteiger partial charge in [-0.15, -0.1) is 10.2 Å². The van der Waals surface area contributed by atoms with Crippen LogP contribution in [0.1, 0.15) is 11.1 Å². The largest absolute Gasteiger partial charge is 2.00 e. The number of phenols is 2. The van der Waals surface area contributed by atoms with E-state index in [0.29, 0.717) is 22.5 Å². The molecule has 0 atom stereocenters. The Morgan fingerprint density at radius 3 is 1.20 bits per heavy atom. The van der Waals surface area contributed by atoms with E-state index >= 15 is 0 Å². The van der Waals surface area contributed by atoms with Crippen LogP contribution in [0.2, 0.25) is 0 Å². The summed E-state index contributed by atoms with van der Waals surface area (Å²) in [5.41, 5.74) is 1.45. The quantitative estimate of drug-likeness (QED) is 0.0489. The summed E-state index contributed by atoms with van der Waals surface area (Å²) in [6, 6.07) is 21.1. The number of non-ortho nitro benzene ring substituents is 2. The van der Waals surface area contributed by atoms with Gasteiger partial charge >= 0.3 is 37.7 Å². The Labute approximate surface area is 341 Å². The third-order valence-corrected chi connectivity index (χ3v) is 9.57. The molecule has 276 valence electrons. The van der Waals surface area contributed by atoms with Crippen molar-refractivity contribution in [1.29, 1.82) is 0 Å². The van der Waals surface area contributed by atoms with Gasteiger partial charge in [-0.05, 0) is 73.5 Å². The maximum atomic E-state index is 11.4. The summed E-state index contributed by atoms with van der Waals surface area (Å²) < 4.78 is 68.6. The Morgan fingerprint density at radius 2 is 0.891 bits per heavy atom. The van der Waals surface area contributed by atoms with Crippen LogP contribution in [0, 0.1) is 34.1 Å². The Bertz CT molecular complexity index is 2610. The number of aryl methyl sites for hydroxylation is 2. The fourth-order valence-electron chi connectivity index (χ4n) is 5.19. The average molecular weight is 813 g/mol. The molecule has 0 saturated heterocycles. The summed E-state index contributed by atoms with van der Waals surface area (Å²) >= 11 is 0. The minimum absolute atomic E-state index is 0. The Balaban J connectivity index is 0.000000240. The zero-order valence-electron chi connectivity index (χ0n) is 28.4. The first kappa shape index (κ1) is 42.3. The van der Waals surface area contributed by atoms with E-state index in [-0.39, 0.29) is 93.5 Å². The molecular weight excluding hydrogens is 789 g/mol. The molecule has 0 aliphatic heterocycles. The van der Waals surface area contributed by atoms with E-state index in [9.17, 15) is 56.4 Å². The summed E-state index contributed by atoms with van der Waals surface area (Å²) in [5, 5.41) is 58.4. The standard InChI is InChI=1S/2C17H13N3O6S.Ca/c2*1-10-9-11(20(22)23)5-7-14(10)18-19-17-13-3-2-4-16(27(24,25)26)12(13)6-8-15(17)21;/h2*2-9,21H,1H3,(H,24,25,26);/q;;+2/p-2. The maximum Gasteiger partial charge on any atom is 2.00 e. The number of nitro benzene ring substituents is 2. The van der Waals surface area contributed by atoms with E-state index in [1.807, 2.05) is 0 Å². The molecule has 0 spiro atoms. The Hall–Kier alpha value is -5.48. The van der Waals surface area contributed by atoms with Crippen molar-refractivity contribution in [3.05, 3.63) is 128 Å². The number of phenolic OH excluding ortho intramolecular Hbond substituents is 2. The van der Waals surface area contributed by atoms with Gasteiger partial charge in [-0.1, -0.05) is 24.3 Å². The molecular formula is C34H24CaN6O12S2. The van der Waals surface area contributed by atoms with Crippen LogP contribution in [0.3, 0.4) is 0 Å². The van der Waals surface area contributed by atoms with Gasteiger partial charge in [0, 0.05) is 45.8 Å². The smallest absolute Gasteiger partial charge is 0.744 e. The summed E-state index contributed by atoms with van der Waals surface area (Å²) in [7, 11) is -9.43. The average Bonchev–Trinajstić information content (AvgIpc) is 3.10. The van der Waals surface area contributed by atoms with Gasteiger partial charge in [-0.25, -0.2) is 16.8 Å². The normalized spacial score (nSPS) is 11.7. The van der Waals surface area contributed by atoms with Crippen LogP contribution in [0.25, 0.3) is 21.5 Å². The van der Waals surface area contributed by atoms with Crippen molar-refractivity contribution in [2.75, 3.05) is 0 Å². The van der Waals surface area contributed by atoms with E-state index in [2.05, 4.69) is 20.5 Å². The summed E-state index contributed by atoms with van der Waals surface area (Å²) in [6.07, 6.45) is 0. The van der Waals surface area contributed by atoms with E-state index in [0.717, 1.165) is 0 Å².